The minimum atomic E-state index is -0.158. The van der Waals surface area contributed by atoms with Gasteiger partial charge in [-0.15, -0.1) is 0 Å². The van der Waals surface area contributed by atoms with Crippen molar-refractivity contribution in [1.82, 2.24) is 10.6 Å². The van der Waals surface area contributed by atoms with E-state index in [1.807, 2.05) is 19.1 Å². The van der Waals surface area contributed by atoms with E-state index in [-0.39, 0.29) is 24.6 Å². The molecule has 3 N–H and O–H groups in total. The van der Waals surface area contributed by atoms with Gasteiger partial charge < -0.3 is 20.5 Å². The van der Waals surface area contributed by atoms with Gasteiger partial charge in [0.2, 0.25) is 0 Å². The van der Waals surface area contributed by atoms with Crippen molar-refractivity contribution in [2.45, 2.75) is 25.8 Å². The lowest BCUT2D eigenvalue weighted by Gasteiger charge is -2.13. The lowest BCUT2D eigenvalue weighted by molar-refractivity contribution is 0.145. The second-order valence-corrected chi connectivity index (χ2v) is 4.12. The summed E-state index contributed by atoms with van der Waals surface area (Å²) in [5.74, 6) is 0.179. The summed E-state index contributed by atoms with van der Waals surface area (Å²) in [7, 11) is 0. The second kappa shape index (κ2) is 8.08. The molecule has 1 aliphatic rings. The van der Waals surface area contributed by atoms with Crippen molar-refractivity contribution in [2.24, 2.45) is 5.92 Å². The Morgan fingerprint density at radius 1 is 1.53 bits per heavy atom. The fraction of sp³-hybridized carbons (Fsp3) is 0.750. The molecule has 17 heavy (non-hydrogen) atoms. The second-order valence-electron chi connectivity index (χ2n) is 4.12. The van der Waals surface area contributed by atoms with Crippen molar-refractivity contribution in [3.05, 3.63) is 12.2 Å². The summed E-state index contributed by atoms with van der Waals surface area (Å²) in [5, 5.41) is 14.6. The number of nitrogens with one attached hydrogen (secondary N) is 2. The van der Waals surface area contributed by atoms with Crippen molar-refractivity contribution >= 4 is 6.03 Å². The van der Waals surface area contributed by atoms with Crippen LogP contribution in [0.4, 0.5) is 4.79 Å². The van der Waals surface area contributed by atoms with Crippen LogP contribution in [-0.2, 0) is 4.74 Å². The van der Waals surface area contributed by atoms with Crippen molar-refractivity contribution in [1.29, 1.82) is 0 Å². The molecule has 1 rings (SSSR count). The molecule has 98 valence electrons. The Hall–Kier alpha value is -1.07. The molecule has 5 nitrogen and oxygen atoms in total. The molecule has 1 aliphatic carbocycles. The largest absolute Gasteiger partial charge is 0.396 e. The van der Waals surface area contributed by atoms with E-state index in [0.29, 0.717) is 19.8 Å². The van der Waals surface area contributed by atoms with Gasteiger partial charge in [0.05, 0.1) is 0 Å². The van der Waals surface area contributed by atoms with Crippen LogP contribution in [0.25, 0.3) is 0 Å². The van der Waals surface area contributed by atoms with Crippen LogP contribution < -0.4 is 10.6 Å². The molecule has 0 saturated carbocycles. The molecule has 0 aromatic heterocycles. The molecule has 5 heteroatoms. The topological polar surface area (TPSA) is 70.6 Å². The number of urea groups is 1. The smallest absolute Gasteiger partial charge is 0.315 e. The fourth-order valence-electron chi connectivity index (χ4n) is 1.76. The highest BCUT2D eigenvalue weighted by Gasteiger charge is 2.19. The van der Waals surface area contributed by atoms with Crippen molar-refractivity contribution < 1.29 is 14.6 Å². The van der Waals surface area contributed by atoms with Gasteiger partial charge in [-0.25, -0.2) is 4.79 Å². The number of ether oxygens (including phenoxy) is 1. The lowest BCUT2D eigenvalue weighted by atomic mass is 10.1. The number of carbonyl (C=O) groups is 1. The number of aliphatic hydroxyl groups excluding tert-OH is 1. The van der Waals surface area contributed by atoms with Crippen LogP contribution in [-0.4, -0.2) is 43.5 Å². The predicted octanol–water partition coefficient (Wildman–Crippen LogP) is 0.649. The van der Waals surface area contributed by atoms with Gasteiger partial charge in [-0.1, -0.05) is 12.2 Å². The Balaban J connectivity index is 2.04. The first-order valence-electron chi connectivity index (χ1n) is 6.17. The molecule has 0 fully saturated rings. The van der Waals surface area contributed by atoms with Crippen molar-refractivity contribution in [3.8, 4) is 0 Å². The Labute approximate surface area is 102 Å². The molecule has 2 amide bonds. The third kappa shape index (κ3) is 5.70. The van der Waals surface area contributed by atoms with Gasteiger partial charge in [-0.2, -0.15) is 0 Å². The van der Waals surface area contributed by atoms with Crippen LogP contribution in [0, 0.1) is 5.92 Å². The Bertz CT molecular complexity index is 256. The van der Waals surface area contributed by atoms with E-state index < -0.39 is 0 Å². The summed E-state index contributed by atoms with van der Waals surface area (Å²) < 4.78 is 5.17. The fourth-order valence-corrected chi connectivity index (χ4v) is 1.76. The maximum atomic E-state index is 11.5. The molecule has 0 saturated heterocycles. The summed E-state index contributed by atoms with van der Waals surface area (Å²) in [5.41, 5.74) is 0. The number of rotatable bonds is 7. The van der Waals surface area contributed by atoms with Gasteiger partial charge in [0.1, 0.15) is 0 Å². The van der Waals surface area contributed by atoms with E-state index in [1.165, 1.54) is 0 Å². The van der Waals surface area contributed by atoms with E-state index in [1.54, 1.807) is 0 Å². The molecule has 0 bridgehead atoms. The van der Waals surface area contributed by atoms with Crippen molar-refractivity contribution in [2.75, 3.05) is 26.4 Å². The number of hydrogen-bond donors (Lipinski definition) is 3. The maximum Gasteiger partial charge on any atom is 0.315 e. The molecule has 0 heterocycles. The minimum Gasteiger partial charge on any atom is -0.396 e. The highest BCUT2D eigenvalue weighted by atomic mass is 16.5. The Morgan fingerprint density at radius 2 is 2.35 bits per heavy atom. The van der Waals surface area contributed by atoms with E-state index >= 15 is 0 Å². The summed E-state index contributed by atoms with van der Waals surface area (Å²) in [6.07, 6.45) is 5.48. The normalized spacial score (nSPS) is 22.7. The van der Waals surface area contributed by atoms with E-state index in [2.05, 4.69) is 10.6 Å². The first-order valence-corrected chi connectivity index (χ1v) is 6.17. The number of amides is 2. The van der Waals surface area contributed by atoms with Gasteiger partial charge in [0.15, 0.2) is 0 Å². The molecule has 0 radical (unpaired) electrons. The summed E-state index contributed by atoms with van der Waals surface area (Å²) >= 11 is 0. The average Bonchev–Trinajstić information content (AvgIpc) is 2.76. The highest BCUT2D eigenvalue weighted by molar-refractivity contribution is 5.74. The Morgan fingerprint density at radius 3 is 3.00 bits per heavy atom. The van der Waals surface area contributed by atoms with E-state index in [9.17, 15) is 4.79 Å². The van der Waals surface area contributed by atoms with Crippen LogP contribution in [0.3, 0.4) is 0 Å². The standard InChI is InChI=1S/C12H22N2O3/c1-2-17-7-3-6-13-12(16)14-11-5-4-10(8-11)9-15/h4-5,10-11,15H,2-3,6-9H2,1H3,(H2,13,14,16)/t10-,11+/m0/s1. The molecule has 0 unspecified atom stereocenters. The Kier molecular flexibility index (Phi) is 6.65. The number of carbonyl (C=O) groups excluding carboxylic acids is 1. The molecular weight excluding hydrogens is 220 g/mol. The van der Waals surface area contributed by atoms with Gasteiger partial charge in [-0.3, -0.25) is 0 Å². The monoisotopic (exact) mass is 242 g/mol. The predicted molar refractivity (Wildman–Crippen MR) is 65.8 cm³/mol. The van der Waals surface area contributed by atoms with Crippen LogP contribution >= 0.6 is 0 Å². The van der Waals surface area contributed by atoms with Gasteiger partial charge in [0, 0.05) is 38.3 Å². The van der Waals surface area contributed by atoms with Gasteiger partial charge in [-0.05, 0) is 19.8 Å². The summed E-state index contributed by atoms with van der Waals surface area (Å²) in [4.78, 5) is 11.5. The van der Waals surface area contributed by atoms with Crippen LogP contribution in [0.2, 0.25) is 0 Å². The highest BCUT2D eigenvalue weighted by Crippen LogP contribution is 2.16. The molecule has 0 aliphatic heterocycles. The lowest BCUT2D eigenvalue weighted by Crippen LogP contribution is -2.41. The quantitative estimate of drug-likeness (QED) is 0.453. The molecule has 0 spiro atoms. The zero-order valence-corrected chi connectivity index (χ0v) is 10.3. The van der Waals surface area contributed by atoms with Crippen LogP contribution in [0.15, 0.2) is 12.2 Å². The van der Waals surface area contributed by atoms with Gasteiger partial charge in [0.25, 0.3) is 0 Å². The first kappa shape index (κ1) is 14.0. The summed E-state index contributed by atoms with van der Waals surface area (Å²) in [6.45, 7) is 4.09. The molecular formula is C12H22N2O3. The maximum absolute atomic E-state index is 11.5. The third-order valence-corrected chi connectivity index (χ3v) is 2.68. The average molecular weight is 242 g/mol. The first-order chi connectivity index (χ1) is 8.26. The van der Waals surface area contributed by atoms with Crippen molar-refractivity contribution in [3.63, 3.8) is 0 Å². The third-order valence-electron chi connectivity index (χ3n) is 2.68. The van der Waals surface area contributed by atoms with Crippen LogP contribution in [0.5, 0.6) is 0 Å². The van der Waals surface area contributed by atoms with E-state index in [0.717, 1.165) is 12.8 Å². The molecule has 2 atom stereocenters. The number of hydrogen-bond acceptors (Lipinski definition) is 3. The van der Waals surface area contributed by atoms with Crippen LogP contribution in [0.1, 0.15) is 19.8 Å². The SMILES string of the molecule is CCOCCCNC(=O)N[C@@H]1C=C[C@H](CO)C1. The zero-order valence-electron chi connectivity index (χ0n) is 10.3. The zero-order chi connectivity index (χ0) is 12.5. The van der Waals surface area contributed by atoms with E-state index in [4.69, 9.17) is 9.84 Å². The summed E-state index contributed by atoms with van der Waals surface area (Å²) in [6, 6.07) is -0.117. The number of aliphatic hydroxyl groups is 1. The van der Waals surface area contributed by atoms with Gasteiger partial charge >= 0.3 is 6.03 Å². The molecule has 0 aromatic rings. The minimum absolute atomic E-state index is 0.0408. The molecule has 0 aromatic carbocycles.